The maximum Gasteiger partial charge on any atom is 0.0519 e. The predicted molar refractivity (Wildman–Crippen MR) is 42.9 cm³/mol. The highest BCUT2D eigenvalue weighted by Gasteiger charge is 2.24. The van der Waals surface area contributed by atoms with Crippen LogP contribution in [0.4, 0.5) is 0 Å². The summed E-state index contributed by atoms with van der Waals surface area (Å²) in [5, 5.41) is 6.76. The van der Waals surface area contributed by atoms with Crippen LogP contribution in [0.1, 0.15) is 31.0 Å². The smallest absolute Gasteiger partial charge is 0.0519 e. The van der Waals surface area contributed by atoms with Crippen LogP contribution in [0.15, 0.2) is 12.3 Å². The van der Waals surface area contributed by atoms with Crippen LogP contribution >= 0.6 is 0 Å². The fraction of sp³-hybridized carbons (Fsp3) is 0.625. The summed E-state index contributed by atoms with van der Waals surface area (Å²) in [5.74, 6) is 0.883. The van der Waals surface area contributed by atoms with Crippen LogP contribution in [-0.4, -0.2) is 10.2 Å². The number of aromatic nitrogens is 2. The molecule has 0 spiro atoms. The van der Waals surface area contributed by atoms with Gasteiger partial charge in [0.1, 0.15) is 0 Å². The summed E-state index contributed by atoms with van der Waals surface area (Å²) in [6.07, 6.45) is 5.59. The largest absolute Gasteiger partial charge is 0.323 e. The van der Waals surface area contributed by atoms with Crippen molar-refractivity contribution in [1.29, 1.82) is 0 Å². The molecule has 2 rings (SSSR count). The van der Waals surface area contributed by atoms with Crippen LogP contribution in [0, 0.1) is 5.92 Å². The predicted octanol–water partition coefficient (Wildman–Crippen LogP) is 1.21. The molecule has 1 saturated carbocycles. The summed E-state index contributed by atoms with van der Waals surface area (Å²) in [6, 6.07) is 2.12. The Morgan fingerprint density at radius 2 is 2.55 bits per heavy atom. The molecule has 3 heteroatoms. The van der Waals surface area contributed by atoms with Gasteiger partial charge in [-0.1, -0.05) is 12.8 Å². The standard InChI is InChI=1S/C8H13N3/c9-7(5-6-1-2-6)8-3-4-10-11-8/h3-4,6-7H,1-2,5,9H2,(H,10,11). The molecule has 1 atom stereocenters. The molecule has 1 aromatic rings. The van der Waals surface area contributed by atoms with Gasteiger partial charge in [-0.2, -0.15) is 5.10 Å². The van der Waals surface area contributed by atoms with E-state index in [1.165, 1.54) is 12.8 Å². The molecule has 1 heterocycles. The van der Waals surface area contributed by atoms with Crippen molar-refractivity contribution in [2.75, 3.05) is 0 Å². The summed E-state index contributed by atoms with van der Waals surface area (Å²) in [4.78, 5) is 0. The first kappa shape index (κ1) is 6.85. The van der Waals surface area contributed by atoms with Crippen molar-refractivity contribution in [2.24, 2.45) is 11.7 Å². The number of nitrogens with one attached hydrogen (secondary N) is 1. The third kappa shape index (κ3) is 1.60. The van der Waals surface area contributed by atoms with Crippen LogP contribution in [0.25, 0.3) is 0 Å². The lowest BCUT2D eigenvalue weighted by atomic mass is 10.1. The zero-order valence-corrected chi connectivity index (χ0v) is 6.46. The van der Waals surface area contributed by atoms with Gasteiger partial charge in [-0.3, -0.25) is 5.10 Å². The average Bonchev–Trinajstić information content (AvgIpc) is 2.67. The number of aromatic amines is 1. The molecule has 0 aromatic carbocycles. The van der Waals surface area contributed by atoms with Gasteiger partial charge in [-0.25, -0.2) is 0 Å². The van der Waals surface area contributed by atoms with Gasteiger partial charge in [0.05, 0.1) is 5.69 Å². The third-order valence-electron chi connectivity index (χ3n) is 2.21. The summed E-state index contributed by atoms with van der Waals surface area (Å²) >= 11 is 0. The van der Waals surface area contributed by atoms with Crippen molar-refractivity contribution in [3.05, 3.63) is 18.0 Å². The molecule has 3 nitrogen and oxygen atoms in total. The molecule has 0 saturated heterocycles. The van der Waals surface area contributed by atoms with E-state index in [0.717, 1.165) is 18.0 Å². The number of H-pyrrole nitrogens is 1. The molecule has 3 N–H and O–H groups in total. The molecule has 1 aliphatic rings. The van der Waals surface area contributed by atoms with Gasteiger partial charge in [0.2, 0.25) is 0 Å². The van der Waals surface area contributed by atoms with Gasteiger partial charge in [0.15, 0.2) is 0 Å². The SMILES string of the molecule is NC(CC1CC1)c1ccn[nH]1. The zero-order chi connectivity index (χ0) is 7.68. The second-order valence-corrected chi connectivity index (χ2v) is 3.30. The summed E-state index contributed by atoms with van der Waals surface area (Å²) in [7, 11) is 0. The van der Waals surface area contributed by atoms with Gasteiger partial charge >= 0.3 is 0 Å². The van der Waals surface area contributed by atoms with Gasteiger partial charge in [-0.15, -0.1) is 0 Å². The van der Waals surface area contributed by atoms with Gasteiger partial charge in [0, 0.05) is 12.2 Å². The lowest BCUT2D eigenvalue weighted by Gasteiger charge is -2.06. The maximum atomic E-state index is 5.91. The fourth-order valence-corrected chi connectivity index (χ4v) is 1.31. The highest BCUT2D eigenvalue weighted by atomic mass is 15.1. The first-order chi connectivity index (χ1) is 5.36. The quantitative estimate of drug-likeness (QED) is 0.682. The molecule has 0 amide bonds. The van der Waals surface area contributed by atoms with Gasteiger partial charge in [-0.05, 0) is 18.4 Å². The minimum absolute atomic E-state index is 0.171. The van der Waals surface area contributed by atoms with Crippen molar-refractivity contribution in [1.82, 2.24) is 10.2 Å². The molecule has 1 unspecified atom stereocenters. The lowest BCUT2D eigenvalue weighted by molar-refractivity contribution is 0.582. The summed E-state index contributed by atoms with van der Waals surface area (Å²) in [6.45, 7) is 0. The number of hydrogen-bond acceptors (Lipinski definition) is 2. The Morgan fingerprint density at radius 1 is 1.73 bits per heavy atom. The molecule has 0 bridgehead atoms. The van der Waals surface area contributed by atoms with Crippen molar-refractivity contribution < 1.29 is 0 Å². The van der Waals surface area contributed by atoms with Gasteiger partial charge in [0.25, 0.3) is 0 Å². The average molecular weight is 151 g/mol. The Hall–Kier alpha value is -0.830. The number of hydrogen-bond donors (Lipinski definition) is 2. The van der Waals surface area contributed by atoms with Crippen molar-refractivity contribution >= 4 is 0 Å². The number of nitrogens with two attached hydrogens (primary N) is 1. The Bertz CT molecular complexity index is 213. The first-order valence-electron chi connectivity index (χ1n) is 4.11. The lowest BCUT2D eigenvalue weighted by Crippen LogP contribution is -2.11. The van der Waals surface area contributed by atoms with E-state index in [9.17, 15) is 0 Å². The third-order valence-corrected chi connectivity index (χ3v) is 2.21. The highest BCUT2D eigenvalue weighted by molar-refractivity contribution is 5.04. The van der Waals surface area contributed by atoms with E-state index >= 15 is 0 Å². The number of rotatable bonds is 3. The molecule has 1 aromatic heterocycles. The second kappa shape index (κ2) is 2.66. The summed E-state index contributed by atoms with van der Waals surface area (Å²) in [5.41, 5.74) is 6.98. The van der Waals surface area contributed by atoms with Crippen molar-refractivity contribution in [2.45, 2.75) is 25.3 Å². The monoisotopic (exact) mass is 151 g/mol. The molecule has 0 aliphatic heterocycles. The van der Waals surface area contributed by atoms with E-state index in [1.54, 1.807) is 6.20 Å². The second-order valence-electron chi connectivity index (χ2n) is 3.30. The van der Waals surface area contributed by atoms with E-state index in [0.29, 0.717) is 0 Å². The Balaban J connectivity index is 1.93. The van der Waals surface area contributed by atoms with Crippen LogP contribution in [0.5, 0.6) is 0 Å². The van der Waals surface area contributed by atoms with E-state index in [-0.39, 0.29) is 6.04 Å². The fourth-order valence-electron chi connectivity index (χ4n) is 1.31. The molecule has 1 fully saturated rings. The molecule has 1 aliphatic carbocycles. The van der Waals surface area contributed by atoms with Crippen LogP contribution in [0.2, 0.25) is 0 Å². The van der Waals surface area contributed by atoms with Crippen LogP contribution < -0.4 is 5.73 Å². The molecular weight excluding hydrogens is 138 g/mol. The van der Waals surface area contributed by atoms with E-state index in [1.807, 2.05) is 6.07 Å². The van der Waals surface area contributed by atoms with E-state index < -0.39 is 0 Å². The zero-order valence-electron chi connectivity index (χ0n) is 6.46. The maximum absolute atomic E-state index is 5.91. The Morgan fingerprint density at radius 3 is 3.09 bits per heavy atom. The molecule has 11 heavy (non-hydrogen) atoms. The molecular formula is C8H13N3. The topological polar surface area (TPSA) is 54.7 Å². The number of nitrogens with zero attached hydrogens (tertiary/aromatic N) is 1. The minimum atomic E-state index is 0.171. The van der Waals surface area contributed by atoms with Crippen molar-refractivity contribution in [3.8, 4) is 0 Å². The van der Waals surface area contributed by atoms with Crippen molar-refractivity contribution in [3.63, 3.8) is 0 Å². The molecule has 0 radical (unpaired) electrons. The Labute approximate surface area is 66.0 Å². The minimum Gasteiger partial charge on any atom is -0.323 e. The highest BCUT2D eigenvalue weighted by Crippen LogP contribution is 2.36. The first-order valence-corrected chi connectivity index (χ1v) is 4.11. The molecule has 60 valence electrons. The van der Waals surface area contributed by atoms with Crippen LogP contribution in [-0.2, 0) is 0 Å². The van der Waals surface area contributed by atoms with E-state index in [4.69, 9.17) is 5.73 Å². The summed E-state index contributed by atoms with van der Waals surface area (Å²) < 4.78 is 0. The Kier molecular flexibility index (Phi) is 1.66. The van der Waals surface area contributed by atoms with Gasteiger partial charge < -0.3 is 5.73 Å². The van der Waals surface area contributed by atoms with Crippen LogP contribution in [0.3, 0.4) is 0 Å². The van der Waals surface area contributed by atoms with E-state index in [2.05, 4.69) is 10.2 Å². The normalized spacial score (nSPS) is 20.1.